The minimum atomic E-state index is -3.91. The number of hydrogen-bond acceptors (Lipinski definition) is 6. The highest BCUT2D eigenvalue weighted by atomic mass is 32.2. The quantitative estimate of drug-likeness (QED) is 0.469. The molecule has 0 saturated heterocycles. The summed E-state index contributed by atoms with van der Waals surface area (Å²) in [6, 6.07) is 3.35. The van der Waals surface area contributed by atoms with Crippen molar-refractivity contribution in [3.8, 4) is 0 Å². The molecule has 4 aliphatic carbocycles. The zero-order chi connectivity index (χ0) is 26.9. The van der Waals surface area contributed by atoms with Crippen molar-refractivity contribution in [1.29, 1.82) is 0 Å². The molecule has 9 atom stereocenters. The smallest absolute Gasteiger partial charge is 0.206 e. The maximum atomic E-state index is 14.1. The van der Waals surface area contributed by atoms with Crippen LogP contribution in [0.15, 0.2) is 50.5 Å². The van der Waals surface area contributed by atoms with E-state index in [4.69, 9.17) is 10.7 Å². The largest absolute Gasteiger partial charge is 0.312 e. The summed E-state index contributed by atoms with van der Waals surface area (Å²) < 4.78 is 28.1. The molecule has 38 heavy (non-hydrogen) atoms. The van der Waals surface area contributed by atoms with Gasteiger partial charge in [-0.05, 0) is 104 Å². The second-order valence-corrected chi connectivity index (χ2v) is 16.6. The molecule has 1 aromatic heterocycles. The maximum Gasteiger partial charge on any atom is 0.206 e. The minimum absolute atomic E-state index is 0.0121. The SMILES string of the molecule is CC1=CC(C2C(=O)CC[C@@]3(C)C2CC[C@H]2[C@@H]4CCC[C@@]4(C)CC[C@@H]23)(C(N)S(=O)(=O)c2cccs2)N=CC=C1. The Morgan fingerprint density at radius 3 is 2.66 bits per heavy atom. The van der Waals surface area contributed by atoms with E-state index in [1.165, 1.54) is 43.4 Å². The number of hydrogen-bond donors (Lipinski definition) is 1. The molecule has 5 nitrogen and oxygen atoms in total. The number of carbonyl (C=O) groups is 1. The number of thiophene rings is 1. The van der Waals surface area contributed by atoms with Gasteiger partial charge in [-0.1, -0.05) is 44.1 Å². The first kappa shape index (κ1) is 26.6. The fraction of sp³-hybridized carbons (Fsp3) is 0.677. The zero-order valence-electron chi connectivity index (χ0n) is 22.9. The highest BCUT2D eigenvalue weighted by Gasteiger charge is 2.64. The number of fused-ring (bicyclic) bond motifs is 5. The lowest BCUT2D eigenvalue weighted by Crippen LogP contribution is -2.64. The molecule has 4 fully saturated rings. The second kappa shape index (κ2) is 9.24. The van der Waals surface area contributed by atoms with Crippen LogP contribution in [0.1, 0.15) is 78.6 Å². The van der Waals surface area contributed by atoms with Crippen LogP contribution in [0.25, 0.3) is 0 Å². The first-order valence-electron chi connectivity index (χ1n) is 14.5. The van der Waals surface area contributed by atoms with Crippen LogP contribution in [0.4, 0.5) is 0 Å². The van der Waals surface area contributed by atoms with Gasteiger partial charge < -0.3 is 5.73 Å². The predicted octanol–water partition coefficient (Wildman–Crippen LogP) is 6.36. The number of allylic oxidation sites excluding steroid dienone is 3. The number of sulfone groups is 1. The van der Waals surface area contributed by atoms with Gasteiger partial charge in [-0.3, -0.25) is 9.79 Å². The fourth-order valence-electron chi connectivity index (χ4n) is 9.87. The Morgan fingerprint density at radius 2 is 1.89 bits per heavy atom. The number of Topliss-reactive ketones (excluding diaryl/α,β-unsaturated/α-hetero) is 1. The molecule has 0 spiro atoms. The number of aliphatic imine (C=N–C) groups is 1. The number of nitrogens with zero attached hydrogens (tertiary/aromatic N) is 1. The molecule has 2 N–H and O–H groups in total. The average Bonchev–Trinajstić information content (AvgIpc) is 3.52. The summed E-state index contributed by atoms with van der Waals surface area (Å²) >= 11 is 1.18. The summed E-state index contributed by atoms with van der Waals surface area (Å²) in [6.07, 6.45) is 17.3. The number of nitrogens with two attached hydrogens (primary N) is 1. The Bertz CT molecular complexity index is 1300. The third kappa shape index (κ3) is 3.81. The number of ketones is 1. The van der Waals surface area contributed by atoms with Gasteiger partial charge in [0.15, 0.2) is 0 Å². The van der Waals surface area contributed by atoms with Crippen molar-refractivity contribution in [2.45, 2.75) is 93.7 Å². The highest BCUT2D eigenvalue weighted by molar-refractivity contribution is 7.94. The summed E-state index contributed by atoms with van der Waals surface area (Å²) in [5, 5.41) is 0.424. The number of carbonyl (C=O) groups excluding carboxylic acids is 1. The van der Waals surface area contributed by atoms with Gasteiger partial charge in [0.1, 0.15) is 20.9 Å². The topological polar surface area (TPSA) is 89.6 Å². The third-order valence-electron chi connectivity index (χ3n) is 11.6. The van der Waals surface area contributed by atoms with Crippen molar-refractivity contribution in [3.05, 3.63) is 41.3 Å². The molecule has 5 aliphatic rings. The van der Waals surface area contributed by atoms with Gasteiger partial charge in [-0.15, -0.1) is 11.3 Å². The van der Waals surface area contributed by atoms with Crippen molar-refractivity contribution in [1.82, 2.24) is 0 Å². The van der Waals surface area contributed by atoms with Crippen molar-refractivity contribution in [2.75, 3.05) is 0 Å². The predicted molar refractivity (Wildman–Crippen MR) is 154 cm³/mol. The molecule has 1 aliphatic heterocycles. The lowest BCUT2D eigenvalue weighted by Gasteiger charge is -2.62. The summed E-state index contributed by atoms with van der Waals surface area (Å²) in [5.41, 5.74) is 6.87. The molecule has 0 radical (unpaired) electrons. The first-order valence-corrected chi connectivity index (χ1v) is 16.9. The van der Waals surface area contributed by atoms with Crippen molar-refractivity contribution < 1.29 is 13.2 Å². The van der Waals surface area contributed by atoms with E-state index in [0.29, 0.717) is 23.7 Å². The molecule has 4 saturated carbocycles. The van der Waals surface area contributed by atoms with E-state index >= 15 is 0 Å². The van der Waals surface area contributed by atoms with Gasteiger partial charge in [-0.2, -0.15) is 0 Å². The molecule has 4 unspecified atom stereocenters. The molecule has 2 heterocycles. The van der Waals surface area contributed by atoms with Gasteiger partial charge in [-0.25, -0.2) is 8.42 Å². The monoisotopic (exact) mass is 554 g/mol. The molecule has 206 valence electrons. The van der Waals surface area contributed by atoms with E-state index in [1.807, 2.05) is 25.2 Å². The fourth-order valence-corrected chi connectivity index (χ4v) is 12.6. The van der Waals surface area contributed by atoms with Crippen LogP contribution in [0, 0.1) is 40.4 Å². The summed E-state index contributed by atoms with van der Waals surface area (Å²) in [5.74, 6) is 1.73. The van der Waals surface area contributed by atoms with Crippen LogP contribution < -0.4 is 5.73 Å². The molecule has 0 bridgehead atoms. The van der Waals surface area contributed by atoms with Gasteiger partial charge in [0.2, 0.25) is 9.84 Å². The van der Waals surface area contributed by atoms with Crippen LogP contribution in [-0.2, 0) is 14.6 Å². The Labute approximate surface area is 232 Å². The van der Waals surface area contributed by atoms with Gasteiger partial charge in [0.05, 0.1) is 5.92 Å². The van der Waals surface area contributed by atoms with Crippen LogP contribution in [0.2, 0.25) is 0 Å². The summed E-state index contributed by atoms with van der Waals surface area (Å²) in [6.45, 7) is 6.90. The van der Waals surface area contributed by atoms with E-state index in [2.05, 4.69) is 13.8 Å². The maximum absolute atomic E-state index is 14.1. The average molecular weight is 555 g/mol. The molecular formula is C31H42N2O3S2. The molecule has 1 aromatic rings. The van der Waals surface area contributed by atoms with Crippen molar-refractivity contribution in [3.63, 3.8) is 0 Å². The van der Waals surface area contributed by atoms with Gasteiger partial charge in [0, 0.05) is 12.6 Å². The van der Waals surface area contributed by atoms with Crippen molar-refractivity contribution >= 4 is 33.2 Å². The van der Waals surface area contributed by atoms with Crippen LogP contribution in [-0.4, -0.2) is 31.3 Å². The molecule has 7 heteroatoms. The normalized spacial score (nSPS) is 43.5. The zero-order valence-corrected chi connectivity index (χ0v) is 24.6. The molecule has 6 rings (SSSR count). The summed E-state index contributed by atoms with van der Waals surface area (Å²) in [4.78, 5) is 19.0. The van der Waals surface area contributed by atoms with E-state index in [1.54, 1.807) is 23.7 Å². The Hall–Kier alpha value is -1.57. The molecule has 0 amide bonds. The van der Waals surface area contributed by atoms with Crippen LogP contribution >= 0.6 is 11.3 Å². The van der Waals surface area contributed by atoms with Crippen LogP contribution in [0.3, 0.4) is 0 Å². The second-order valence-electron chi connectivity index (χ2n) is 13.4. The van der Waals surface area contributed by atoms with Crippen molar-refractivity contribution in [2.24, 2.45) is 51.1 Å². The van der Waals surface area contributed by atoms with Gasteiger partial charge in [0.25, 0.3) is 0 Å². The lowest BCUT2D eigenvalue weighted by atomic mass is 9.42. The Morgan fingerprint density at radius 1 is 1.08 bits per heavy atom. The van der Waals surface area contributed by atoms with Gasteiger partial charge >= 0.3 is 0 Å². The standard InChI is InChI=1S/C31H42N2O3S2/c1-20-7-5-17-33-31(19-20,28(32)38(35,36)26-9-6-18-37-26)27-24-11-10-21-22-8-4-14-29(22,2)15-12-23(21)30(24,3)16-13-25(27)34/h5-7,9,17-19,21-24,27-28H,4,8,10-16,32H2,1-3H3/t21-,22-,23-,24?,27?,28?,29-,30+,31?/m0/s1. The van der Waals surface area contributed by atoms with Crippen LogP contribution in [0.5, 0.6) is 0 Å². The minimum Gasteiger partial charge on any atom is -0.312 e. The first-order chi connectivity index (χ1) is 18.0. The summed E-state index contributed by atoms with van der Waals surface area (Å²) in [7, 11) is -3.91. The number of rotatable bonds is 4. The van der Waals surface area contributed by atoms with E-state index < -0.39 is 26.7 Å². The highest BCUT2D eigenvalue weighted by Crippen LogP contribution is 2.67. The van der Waals surface area contributed by atoms with E-state index in [9.17, 15) is 13.2 Å². The Balaban J connectivity index is 1.45. The molecular weight excluding hydrogens is 512 g/mol. The Kier molecular flexibility index (Phi) is 6.48. The van der Waals surface area contributed by atoms with E-state index in [0.717, 1.165) is 30.8 Å². The lowest BCUT2D eigenvalue weighted by molar-refractivity contribution is -0.154. The van der Waals surface area contributed by atoms with E-state index in [-0.39, 0.29) is 21.3 Å². The third-order valence-corrected chi connectivity index (χ3v) is 15.0. The molecule has 0 aromatic carbocycles.